The van der Waals surface area contributed by atoms with Gasteiger partial charge in [-0.1, -0.05) is 60.8 Å². The maximum atomic E-state index is 5.86. The second-order valence-corrected chi connectivity index (χ2v) is 9.72. The lowest BCUT2D eigenvalue weighted by atomic mass is 9.99. The van der Waals surface area contributed by atoms with E-state index in [1.54, 1.807) is 26.6 Å². The topological polar surface area (TPSA) is 99.1 Å². The Morgan fingerprint density at radius 1 is 1.02 bits per heavy atom. The number of hydrazone groups is 1. The van der Waals surface area contributed by atoms with E-state index in [4.69, 9.17) is 32.5 Å². The minimum Gasteiger partial charge on any atom is -0.493 e. The van der Waals surface area contributed by atoms with Crippen LogP contribution in [0.4, 0.5) is 11.5 Å². The van der Waals surface area contributed by atoms with E-state index < -0.39 is 0 Å². The van der Waals surface area contributed by atoms with Crippen molar-refractivity contribution in [2.45, 2.75) is 13.3 Å². The molecular weight excluding hydrogens is 532 g/mol. The summed E-state index contributed by atoms with van der Waals surface area (Å²) in [6.07, 6.45) is 9.89. The fourth-order valence-corrected chi connectivity index (χ4v) is 4.85. The summed E-state index contributed by atoms with van der Waals surface area (Å²) in [4.78, 5) is 10.3. The SMILES string of the molecule is C/C=C(\C=N/N)c1ccc(CC(=S)c2cccc(-c3cn4ccnc4c(Nc4ccc(OC)c(OC)c4)n3)c2)cc1. The molecule has 0 radical (unpaired) electrons. The number of hydrogen-bond acceptors (Lipinski definition) is 8. The molecule has 3 aromatic carbocycles. The lowest BCUT2D eigenvalue weighted by Crippen LogP contribution is -2.04. The minimum atomic E-state index is 0.618. The van der Waals surface area contributed by atoms with E-state index >= 15 is 0 Å². The molecule has 0 aliphatic rings. The summed E-state index contributed by atoms with van der Waals surface area (Å²) in [5.41, 5.74) is 7.37. The van der Waals surface area contributed by atoms with Gasteiger partial charge in [-0.15, -0.1) is 0 Å². The molecule has 0 saturated carbocycles. The van der Waals surface area contributed by atoms with Gasteiger partial charge in [0.2, 0.25) is 0 Å². The van der Waals surface area contributed by atoms with Gasteiger partial charge in [0.1, 0.15) is 0 Å². The number of nitrogens with zero attached hydrogens (tertiary/aromatic N) is 4. The summed E-state index contributed by atoms with van der Waals surface area (Å²) in [6, 6.07) is 22.1. The Hall–Kier alpha value is -5.02. The van der Waals surface area contributed by atoms with E-state index in [0.29, 0.717) is 29.4 Å². The summed E-state index contributed by atoms with van der Waals surface area (Å²) in [7, 11) is 3.22. The second-order valence-electron chi connectivity index (χ2n) is 9.23. The monoisotopic (exact) mass is 562 g/mol. The van der Waals surface area contributed by atoms with Crippen LogP contribution in [0.3, 0.4) is 0 Å². The number of nitrogens with two attached hydrogens (primary N) is 1. The maximum absolute atomic E-state index is 5.86. The number of allylic oxidation sites excluding steroid dienone is 2. The molecule has 2 aromatic heterocycles. The number of aromatic nitrogens is 3. The summed E-state index contributed by atoms with van der Waals surface area (Å²) in [6.45, 7) is 1.96. The Morgan fingerprint density at radius 3 is 2.56 bits per heavy atom. The van der Waals surface area contributed by atoms with Gasteiger partial charge in [-0.05, 0) is 47.4 Å². The van der Waals surface area contributed by atoms with Crippen molar-refractivity contribution in [2.75, 3.05) is 19.5 Å². The van der Waals surface area contributed by atoms with Gasteiger partial charge in [0.25, 0.3) is 0 Å². The fourth-order valence-electron chi connectivity index (χ4n) is 4.56. The molecule has 0 saturated heterocycles. The number of anilines is 2. The summed E-state index contributed by atoms with van der Waals surface area (Å²) < 4.78 is 12.8. The molecule has 0 unspecified atom stereocenters. The first-order valence-corrected chi connectivity index (χ1v) is 13.4. The lowest BCUT2D eigenvalue weighted by Gasteiger charge is -2.13. The van der Waals surface area contributed by atoms with E-state index in [-0.39, 0.29) is 0 Å². The molecule has 206 valence electrons. The molecule has 41 heavy (non-hydrogen) atoms. The van der Waals surface area contributed by atoms with Gasteiger partial charge in [0, 0.05) is 47.2 Å². The zero-order chi connectivity index (χ0) is 28.8. The molecule has 8 nitrogen and oxygen atoms in total. The Labute approximate surface area is 244 Å². The van der Waals surface area contributed by atoms with Gasteiger partial charge in [0.05, 0.1) is 26.1 Å². The van der Waals surface area contributed by atoms with Crippen molar-refractivity contribution < 1.29 is 9.47 Å². The van der Waals surface area contributed by atoms with Crippen LogP contribution in [0.15, 0.2) is 96.5 Å². The average Bonchev–Trinajstić information content (AvgIpc) is 3.49. The van der Waals surface area contributed by atoms with Gasteiger partial charge in [0.15, 0.2) is 23.0 Å². The number of imidazole rings is 1. The van der Waals surface area contributed by atoms with Gasteiger partial charge in [-0.3, -0.25) is 0 Å². The molecule has 0 aliphatic carbocycles. The van der Waals surface area contributed by atoms with Crippen molar-refractivity contribution in [3.8, 4) is 22.8 Å². The van der Waals surface area contributed by atoms with Crippen molar-refractivity contribution in [3.05, 3.63) is 108 Å². The van der Waals surface area contributed by atoms with Gasteiger partial charge >= 0.3 is 0 Å². The van der Waals surface area contributed by atoms with Crippen molar-refractivity contribution in [1.82, 2.24) is 14.4 Å². The minimum absolute atomic E-state index is 0.618. The smallest absolute Gasteiger partial charge is 0.180 e. The van der Waals surface area contributed by atoms with Crippen LogP contribution in [-0.4, -0.2) is 39.7 Å². The molecule has 0 atom stereocenters. The highest BCUT2D eigenvalue weighted by atomic mass is 32.1. The number of rotatable bonds is 10. The predicted octanol–water partition coefficient (Wildman–Crippen LogP) is 6.47. The summed E-state index contributed by atoms with van der Waals surface area (Å²) in [5, 5.41) is 7.03. The molecule has 0 amide bonds. The lowest BCUT2D eigenvalue weighted by molar-refractivity contribution is 0.355. The number of methoxy groups -OCH3 is 2. The molecular formula is C32H30N6O2S. The van der Waals surface area contributed by atoms with Crippen LogP contribution in [0.1, 0.15) is 23.6 Å². The largest absolute Gasteiger partial charge is 0.493 e. The average molecular weight is 563 g/mol. The number of thiocarbonyl (C=S) groups is 1. The first kappa shape index (κ1) is 27.5. The van der Waals surface area contributed by atoms with Gasteiger partial charge < -0.3 is 25.0 Å². The van der Waals surface area contributed by atoms with Gasteiger partial charge in [-0.25, -0.2) is 9.97 Å². The van der Waals surface area contributed by atoms with Crippen LogP contribution in [0, 0.1) is 0 Å². The molecule has 2 heterocycles. The maximum Gasteiger partial charge on any atom is 0.180 e. The van der Waals surface area contributed by atoms with Crippen molar-refractivity contribution in [3.63, 3.8) is 0 Å². The summed E-state index contributed by atoms with van der Waals surface area (Å²) in [5.74, 6) is 7.22. The molecule has 0 fully saturated rings. The zero-order valence-electron chi connectivity index (χ0n) is 23.0. The number of hydrogen-bond donors (Lipinski definition) is 2. The Balaban J connectivity index is 1.40. The van der Waals surface area contributed by atoms with Gasteiger partial charge in [-0.2, -0.15) is 5.10 Å². The fraction of sp³-hybridized carbons (Fsp3) is 0.125. The number of fused-ring (bicyclic) bond motifs is 1. The molecule has 3 N–H and O–H groups in total. The Bertz CT molecular complexity index is 1760. The predicted molar refractivity (Wildman–Crippen MR) is 169 cm³/mol. The van der Waals surface area contributed by atoms with E-state index in [1.165, 1.54) is 0 Å². The van der Waals surface area contributed by atoms with E-state index in [2.05, 4.69) is 45.7 Å². The highest BCUT2D eigenvalue weighted by Gasteiger charge is 2.13. The molecule has 0 aliphatic heterocycles. The second kappa shape index (κ2) is 12.4. The molecule has 0 spiro atoms. The third-order valence-corrected chi connectivity index (χ3v) is 7.06. The van der Waals surface area contributed by atoms with Crippen LogP contribution in [0.25, 0.3) is 22.5 Å². The summed E-state index contributed by atoms with van der Waals surface area (Å²) >= 11 is 5.86. The molecule has 5 rings (SSSR count). The van der Waals surface area contributed by atoms with Crippen LogP contribution < -0.4 is 20.6 Å². The number of ether oxygens (including phenoxy) is 2. The standard InChI is InChI=1S/C32H30N6O2S/c1-4-22(19-35-33)23-10-8-21(9-11-23)16-30(41)25-7-5-6-24(17-25)27-20-38-15-14-34-32(38)31(37-27)36-26-12-13-28(39-2)29(18-26)40-3/h4-15,17-20H,16,33H2,1-3H3,(H,36,37)/b22-4+,35-19-. The van der Waals surface area contributed by atoms with Crippen molar-refractivity contribution in [2.24, 2.45) is 10.9 Å². The quantitative estimate of drug-likeness (QED) is 0.0662. The van der Waals surface area contributed by atoms with Crippen LogP contribution in [-0.2, 0) is 6.42 Å². The van der Waals surface area contributed by atoms with Crippen molar-refractivity contribution in [1.29, 1.82) is 0 Å². The third-order valence-electron chi connectivity index (χ3n) is 6.68. The van der Waals surface area contributed by atoms with Crippen molar-refractivity contribution >= 4 is 46.0 Å². The number of nitrogens with one attached hydrogen (secondary N) is 1. The van der Waals surface area contributed by atoms with Crippen LogP contribution in [0.2, 0.25) is 0 Å². The molecule has 5 aromatic rings. The third kappa shape index (κ3) is 6.10. The highest BCUT2D eigenvalue weighted by Crippen LogP contribution is 2.32. The Morgan fingerprint density at radius 2 is 1.83 bits per heavy atom. The van der Waals surface area contributed by atoms with Crippen LogP contribution in [0.5, 0.6) is 11.5 Å². The Kier molecular flexibility index (Phi) is 8.36. The molecule has 0 bridgehead atoms. The normalized spacial score (nSPS) is 11.6. The number of benzene rings is 3. The zero-order valence-corrected chi connectivity index (χ0v) is 23.9. The van der Waals surface area contributed by atoms with E-state index in [0.717, 1.165) is 44.1 Å². The van der Waals surface area contributed by atoms with E-state index in [1.807, 2.05) is 66.2 Å². The van der Waals surface area contributed by atoms with E-state index in [9.17, 15) is 0 Å². The first-order chi connectivity index (χ1) is 20.0. The highest BCUT2D eigenvalue weighted by molar-refractivity contribution is 7.80. The molecule has 9 heteroatoms. The first-order valence-electron chi connectivity index (χ1n) is 13.0. The van der Waals surface area contributed by atoms with Crippen LogP contribution >= 0.6 is 12.2 Å².